The fourth-order valence-electron chi connectivity index (χ4n) is 2.26. The summed E-state index contributed by atoms with van der Waals surface area (Å²) in [5, 5.41) is 0. The minimum Gasteiger partial charge on any atom is -0.306 e. The summed E-state index contributed by atoms with van der Waals surface area (Å²) < 4.78 is 27.9. The molecule has 2 rings (SSSR count). The van der Waals surface area contributed by atoms with Crippen molar-refractivity contribution in [3.8, 4) is 0 Å². The minimum atomic E-state index is -3.32. The lowest BCUT2D eigenvalue weighted by Crippen LogP contribution is -2.32. The number of hydrogen-bond acceptors (Lipinski definition) is 4. The van der Waals surface area contributed by atoms with E-state index in [1.54, 1.807) is 12.1 Å². The number of rotatable bonds is 5. The number of sulfonamides is 1. The summed E-state index contributed by atoms with van der Waals surface area (Å²) in [6, 6.07) is 3.39. The average molecular weight is 367 g/mol. The van der Waals surface area contributed by atoms with Crippen LogP contribution in [0.25, 0.3) is 0 Å². The summed E-state index contributed by atoms with van der Waals surface area (Å²) >= 11 is 4.52. The summed E-state index contributed by atoms with van der Waals surface area (Å²) in [6.07, 6.45) is 3.27. The molecule has 0 spiro atoms. The molecule has 0 radical (unpaired) electrons. The molecule has 1 N–H and O–H groups in total. The lowest BCUT2D eigenvalue weighted by molar-refractivity contribution is 0.213. The molecule has 0 bridgehead atoms. The molecule has 1 saturated heterocycles. The highest BCUT2D eigenvalue weighted by atomic mass is 79.9. The number of halogens is 1. The number of nitrogens with zero attached hydrogens (tertiary/aromatic N) is 1. The number of piperidine rings is 1. The third-order valence-corrected chi connectivity index (χ3v) is 7.07. The Morgan fingerprint density at radius 1 is 1.42 bits per heavy atom. The molecule has 1 aliphatic heterocycles. The van der Waals surface area contributed by atoms with Crippen molar-refractivity contribution in [1.29, 1.82) is 0 Å². The smallest absolute Gasteiger partial charge is 0.250 e. The van der Waals surface area contributed by atoms with E-state index >= 15 is 0 Å². The zero-order valence-corrected chi connectivity index (χ0v) is 14.2. The Balaban J connectivity index is 1.79. The Morgan fingerprint density at radius 3 is 2.68 bits per heavy atom. The molecule has 19 heavy (non-hydrogen) atoms. The number of nitrogens with one attached hydrogen (secondary N) is 1. The van der Waals surface area contributed by atoms with Crippen LogP contribution in [0.15, 0.2) is 20.1 Å². The second-order valence-corrected chi connectivity index (χ2v) is 9.45. The van der Waals surface area contributed by atoms with Crippen molar-refractivity contribution in [3.05, 3.63) is 15.9 Å². The first-order valence-electron chi connectivity index (χ1n) is 6.41. The van der Waals surface area contributed by atoms with E-state index in [1.165, 1.54) is 24.2 Å². The maximum absolute atomic E-state index is 12.0. The molecule has 4 nitrogen and oxygen atoms in total. The van der Waals surface area contributed by atoms with Gasteiger partial charge in [0.25, 0.3) is 0 Å². The summed E-state index contributed by atoms with van der Waals surface area (Å²) in [5.41, 5.74) is 0. The van der Waals surface area contributed by atoms with Gasteiger partial charge in [-0.15, -0.1) is 11.3 Å². The van der Waals surface area contributed by atoms with Gasteiger partial charge in [0, 0.05) is 6.54 Å². The van der Waals surface area contributed by atoms with Crippen molar-refractivity contribution in [1.82, 2.24) is 9.62 Å². The molecule has 0 amide bonds. The van der Waals surface area contributed by atoms with E-state index in [4.69, 9.17) is 0 Å². The van der Waals surface area contributed by atoms with E-state index in [0.29, 0.717) is 16.7 Å². The number of hydrogen-bond donors (Lipinski definition) is 1. The van der Waals surface area contributed by atoms with Crippen molar-refractivity contribution in [2.24, 2.45) is 5.92 Å². The van der Waals surface area contributed by atoms with Gasteiger partial charge >= 0.3 is 0 Å². The van der Waals surface area contributed by atoms with Crippen molar-refractivity contribution >= 4 is 37.3 Å². The Bertz CT molecular complexity index is 508. The first kappa shape index (κ1) is 15.4. The van der Waals surface area contributed by atoms with Gasteiger partial charge < -0.3 is 4.90 Å². The van der Waals surface area contributed by atoms with Crippen molar-refractivity contribution in [2.75, 3.05) is 26.7 Å². The average Bonchev–Trinajstić information content (AvgIpc) is 2.79. The fraction of sp³-hybridized carbons (Fsp3) is 0.667. The molecule has 0 aliphatic carbocycles. The predicted octanol–water partition coefficient (Wildman–Crippen LogP) is 2.52. The van der Waals surface area contributed by atoms with Crippen molar-refractivity contribution < 1.29 is 8.42 Å². The standard InChI is InChI=1S/C12H19BrN2O2S2/c1-15-8-5-10(6-9-15)4-7-14-19(16,17)12-3-2-11(13)18-12/h2-3,10,14H,4-9H2,1H3. The van der Waals surface area contributed by atoms with Crippen LogP contribution in [0.1, 0.15) is 19.3 Å². The number of thiophene rings is 1. The van der Waals surface area contributed by atoms with Gasteiger partial charge in [-0.2, -0.15) is 0 Å². The molecule has 0 saturated carbocycles. The van der Waals surface area contributed by atoms with Gasteiger partial charge in [0.15, 0.2) is 0 Å². The maximum atomic E-state index is 12.0. The third kappa shape index (κ3) is 4.53. The van der Waals surface area contributed by atoms with Crippen LogP contribution in [0.5, 0.6) is 0 Å². The fourth-order valence-corrected chi connectivity index (χ4v) is 5.36. The highest BCUT2D eigenvalue weighted by Gasteiger charge is 2.19. The molecule has 0 atom stereocenters. The summed E-state index contributed by atoms with van der Waals surface area (Å²) in [5.74, 6) is 0.647. The molecule has 1 aliphatic rings. The molecule has 1 aromatic heterocycles. The van der Waals surface area contributed by atoms with Gasteiger partial charge in [-0.3, -0.25) is 0 Å². The van der Waals surface area contributed by atoms with Crippen LogP contribution in [0, 0.1) is 5.92 Å². The van der Waals surface area contributed by atoms with Crippen LogP contribution in [0.4, 0.5) is 0 Å². The lowest BCUT2D eigenvalue weighted by Gasteiger charge is -2.28. The normalized spacial score (nSPS) is 18.8. The topological polar surface area (TPSA) is 49.4 Å². The quantitative estimate of drug-likeness (QED) is 0.870. The lowest BCUT2D eigenvalue weighted by atomic mass is 9.94. The van der Waals surface area contributed by atoms with Crippen molar-refractivity contribution in [3.63, 3.8) is 0 Å². The molecule has 2 heterocycles. The number of likely N-dealkylation sites (tertiary alicyclic amines) is 1. The van der Waals surface area contributed by atoms with E-state index < -0.39 is 10.0 Å². The Kier molecular flexibility index (Phi) is 5.42. The monoisotopic (exact) mass is 366 g/mol. The first-order valence-corrected chi connectivity index (χ1v) is 9.50. The summed E-state index contributed by atoms with van der Waals surface area (Å²) in [7, 11) is -1.19. The zero-order chi connectivity index (χ0) is 13.9. The largest absolute Gasteiger partial charge is 0.306 e. The Labute approximate surface area is 127 Å². The second-order valence-electron chi connectivity index (χ2n) is 4.99. The van der Waals surface area contributed by atoms with Crippen LogP contribution in [-0.4, -0.2) is 40.0 Å². The Hall–Kier alpha value is 0.0500. The molecular weight excluding hydrogens is 348 g/mol. The molecule has 1 fully saturated rings. The van der Waals surface area contributed by atoms with E-state index in [1.807, 2.05) is 0 Å². The Morgan fingerprint density at radius 2 is 2.11 bits per heavy atom. The maximum Gasteiger partial charge on any atom is 0.250 e. The first-order chi connectivity index (χ1) is 8.97. The van der Waals surface area contributed by atoms with E-state index in [2.05, 4.69) is 32.6 Å². The summed E-state index contributed by atoms with van der Waals surface area (Å²) in [4.78, 5) is 2.32. The van der Waals surface area contributed by atoms with Crippen LogP contribution in [-0.2, 0) is 10.0 Å². The highest BCUT2D eigenvalue weighted by Crippen LogP contribution is 2.26. The van der Waals surface area contributed by atoms with E-state index in [9.17, 15) is 8.42 Å². The van der Waals surface area contributed by atoms with Gasteiger partial charge in [-0.25, -0.2) is 13.1 Å². The van der Waals surface area contributed by atoms with Gasteiger partial charge in [0.2, 0.25) is 10.0 Å². The molecule has 1 aromatic rings. The SMILES string of the molecule is CN1CCC(CCNS(=O)(=O)c2ccc(Br)s2)CC1. The van der Waals surface area contributed by atoms with Crippen LogP contribution in [0.2, 0.25) is 0 Å². The molecular formula is C12H19BrN2O2S2. The van der Waals surface area contributed by atoms with Gasteiger partial charge in [0.1, 0.15) is 4.21 Å². The second kappa shape index (κ2) is 6.67. The van der Waals surface area contributed by atoms with E-state index in [-0.39, 0.29) is 0 Å². The molecule has 0 unspecified atom stereocenters. The van der Waals surface area contributed by atoms with Crippen molar-refractivity contribution in [2.45, 2.75) is 23.5 Å². The summed E-state index contributed by atoms with van der Waals surface area (Å²) in [6.45, 7) is 2.77. The van der Waals surface area contributed by atoms with Crippen LogP contribution >= 0.6 is 27.3 Å². The van der Waals surface area contributed by atoms with Crippen LogP contribution < -0.4 is 4.72 Å². The molecule has 0 aromatic carbocycles. The highest BCUT2D eigenvalue weighted by molar-refractivity contribution is 9.11. The van der Waals surface area contributed by atoms with Gasteiger partial charge in [0.05, 0.1) is 3.79 Å². The van der Waals surface area contributed by atoms with Gasteiger partial charge in [-0.05, 0) is 73.4 Å². The van der Waals surface area contributed by atoms with Crippen LogP contribution in [0.3, 0.4) is 0 Å². The molecule has 108 valence electrons. The van der Waals surface area contributed by atoms with Gasteiger partial charge in [-0.1, -0.05) is 0 Å². The van der Waals surface area contributed by atoms with E-state index in [0.717, 1.165) is 23.3 Å². The third-order valence-electron chi connectivity index (χ3n) is 3.50. The zero-order valence-electron chi connectivity index (χ0n) is 10.9. The predicted molar refractivity (Wildman–Crippen MR) is 82.0 cm³/mol. The molecule has 7 heteroatoms. The minimum absolute atomic E-state index is 0.378.